The molecule has 1 atom stereocenters. The molecular formula is C14H20O5. The number of ether oxygens (including phenoxy) is 1. The maximum atomic E-state index is 11.4. The largest absolute Gasteiger partial charge is 0.508 e. The Morgan fingerprint density at radius 2 is 2.05 bits per heavy atom. The number of aliphatic hydroxyl groups excluding tert-OH is 1. The molecule has 1 aromatic rings. The Bertz CT molecular complexity index is 451. The lowest BCUT2D eigenvalue weighted by Gasteiger charge is -2.25. The first-order chi connectivity index (χ1) is 8.77. The van der Waals surface area contributed by atoms with Crippen molar-refractivity contribution in [2.45, 2.75) is 33.0 Å². The molecule has 0 saturated heterocycles. The summed E-state index contributed by atoms with van der Waals surface area (Å²) >= 11 is 0. The first-order valence-electron chi connectivity index (χ1n) is 6.10. The summed E-state index contributed by atoms with van der Waals surface area (Å²) in [5, 5.41) is 29.0. The highest BCUT2D eigenvalue weighted by Gasteiger charge is 2.28. The molecule has 1 aromatic carbocycles. The van der Waals surface area contributed by atoms with Gasteiger partial charge < -0.3 is 20.1 Å². The average molecular weight is 268 g/mol. The summed E-state index contributed by atoms with van der Waals surface area (Å²) in [6, 6.07) is 4.46. The topological polar surface area (TPSA) is 87.0 Å². The van der Waals surface area contributed by atoms with Crippen molar-refractivity contribution in [1.29, 1.82) is 0 Å². The second-order valence-corrected chi connectivity index (χ2v) is 5.05. The maximum absolute atomic E-state index is 11.4. The van der Waals surface area contributed by atoms with E-state index in [0.717, 1.165) is 0 Å². The number of carbonyl (C=O) groups is 1. The number of aromatic hydroxyl groups is 1. The van der Waals surface area contributed by atoms with E-state index in [2.05, 4.69) is 0 Å². The van der Waals surface area contributed by atoms with Gasteiger partial charge in [-0.05, 0) is 18.6 Å². The van der Waals surface area contributed by atoms with Crippen molar-refractivity contribution in [2.75, 3.05) is 6.61 Å². The Balaban J connectivity index is 2.85. The van der Waals surface area contributed by atoms with Crippen molar-refractivity contribution in [1.82, 2.24) is 0 Å². The molecule has 3 N–H and O–H groups in total. The fourth-order valence-electron chi connectivity index (χ4n) is 1.59. The molecule has 5 heteroatoms. The summed E-state index contributed by atoms with van der Waals surface area (Å²) < 4.78 is 4.98. The Kier molecular flexibility index (Phi) is 4.91. The number of benzene rings is 1. The van der Waals surface area contributed by atoms with E-state index in [0.29, 0.717) is 5.56 Å². The Morgan fingerprint density at radius 3 is 2.53 bits per heavy atom. The van der Waals surface area contributed by atoms with Crippen LogP contribution in [0, 0.1) is 5.92 Å². The van der Waals surface area contributed by atoms with E-state index in [-0.39, 0.29) is 30.4 Å². The molecule has 5 nitrogen and oxygen atoms in total. The zero-order chi connectivity index (χ0) is 14.6. The van der Waals surface area contributed by atoms with E-state index < -0.39 is 11.6 Å². The third-order valence-corrected chi connectivity index (χ3v) is 2.79. The van der Waals surface area contributed by atoms with Gasteiger partial charge in [-0.3, -0.25) is 4.79 Å². The van der Waals surface area contributed by atoms with Crippen LogP contribution in [0.25, 0.3) is 0 Å². The molecule has 0 bridgehead atoms. The molecule has 0 aliphatic heterocycles. The zero-order valence-corrected chi connectivity index (χ0v) is 11.4. The molecule has 0 radical (unpaired) electrons. The van der Waals surface area contributed by atoms with Crippen LogP contribution in [0.5, 0.6) is 5.75 Å². The predicted molar refractivity (Wildman–Crippen MR) is 69.4 cm³/mol. The molecule has 0 heterocycles. The molecule has 0 saturated carbocycles. The molecule has 0 aliphatic carbocycles. The van der Waals surface area contributed by atoms with Gasteiger partial charge in [-0.2, -0.15) is 0 Å². The van der Waals surface area contributed by atoms with Gasteiger partial charge in [0.1, 0.15) is 18.0 Å². The SMILES string of the molecule is CC(C)C(=O)OCC(C)(O)c1ccc(CO)cc1O. The number of esters is 1. The van der Waals surface area contributed by atoms with Crippen LogP contribution in [0.15, 0.2) is 18.2 Å². The lowest BCUT2D eigenvalue weighted by atomic mass is 9.95. The number of rotatable bonds is 5. The smallest absolute Gasteiger partial charge is 0.308 e. The minimum absolute atomic E-state index is 0.142. The van der Waals surface area contributed by atoms with Crippen LogP contribution in [-0.4, -0.2) is 27.9 Å². The van der Waals surface area contributed by atoms with E-state index in [1.165, 1.54) is 19.1 Å². The molecule has 0 aliphatic rings. The molecule has 0 aromatic heterocycles. The quantitative estimate of drug-likeness (QED) is 0.700. The molecule has 0 amide bonds. The highest BCUT2D eigenvalue weighted by atomic mass is 16.5. The Labute approximate surface area is 112 Å². The molecule has 19 heavy (non-hydrogen) atoms. The van der Waals surface area contributed by atoms with Gasteiger partial charge in [-0.25, -0.2) is 0 Å². The number of hydrogen-bond donors (Lipinski definition) is 3. The summed E-state index contributed by atoms with van der Waals surface area (Å²) in [5.74, 6) is -0.829. The first kappa shape index (κ1) is 15.5. The van der Waals surface area contributed by atoms with Crippen LogP contribution < -0.4 is 0 Å². The number of aliphatic hydroxyl groups is 2. The summed E-state index contributed by atoms with van der Waals surface area (Å²) in [5.41, 5.74) is -0.694. The van der Waals surface area contributed by atoms with Gasteiger partial charge in [0, 0.05) is 5.56 Å². The molecule has 0 spiro atoms. The van der Waals surface area contributed by atoms with Crippen LogP contribution in [-0.2, 0) is 21.7 Å². The fraction of sp³-hybridized carbons (Fsp3) is 0.500. The van der Waals surface area contributed by atoms with Crippen molar-refractivity contribution in [3.63, 3.8) is 0 Å². The third kappa shape index (κ3) is 3.94. The van der Waals surface area contributed by atoms with Gasteiger partial charge in [0.25, 0.3) is 0 Å². The maximum Gasteiger partial charge on any atom is 0.308 e. The van der Waals surface area contributed by atoms with Gasteiger partial charge in [-0.1, -0.05) is 26.0 Å². The van der Waals surface area contributed by atoms with Crippen LogP contribution in [0.4, 0.5) is 0 Å². The van der Waals surface area contributed by atoms with Crippen molar-refractivity contribution in [2.24, 2.45) is 5.92 Å². The molecule has 1 unspecified atom stereocenters. The van der Waals surface area contributed by atoms with Gasteiger partial charge in [-0.15, -0.1) is 0 Å². The highest BCUT2D eigenvalue weighted by molar-refractivity contribution is 5.71. The van der Waals surface area contributed by atoms with Gasteiger partial charge in [0.15, 0.2) is 0 Å². The highest BCUT2D eigenvalue weighted by Crippen LogP contribution is 2.30. The number of carbonyl (C=O) groups excluding carboxylic acids is 1. The third-order valence-electron chi connectivity index (χ3n) is 2.79. The summed E-state index contributed by atoms with van der Waals surface area (Å²) in [7, 11) is 0. The van der Waals surface area contributed by atoms with Crippen LogP contribution in [0.1, 0.15) is 31.9 Å². The van der Waals surface area contributed by atoms with Gasteiger partial charge in [0.2, 0.25) is 0 Å². The van der Waals surface area contributed by atoms with E-state index in [9.17, 15) is 15.0 Å². The predicted octanol–water partition coefficient (Wildman–Crippen LogP) is 1.29. The number of phenolic OH excluding ortho intramolecular Hbond substituents is 1. The minimum Gasteiger partial charge on any atom is -0.508 e. The zero-order valence-electron chi connectivity index (χ0n) is 11.4. The van der Waals surface area contributed by atoms with E-state index in [4.69, 9.17) is 9.84 Å². The molecular weight excluding hydrogens is 248 g/mol. The van der Waals surface area contributed by atoms with E-state index in [1.54, 1.807) is 19.9 Å². The van der Waals surface area contributed by atoms with E-state index in [1.807, 2.05) is 0 Å². The Morgan fingerprint density at radius 1 is 1.42 bits per heavy atom. The second kappa shape index (κ2) is 6.04. The summed E-state index contributed by atoms with van der Waals surface area (Å²) in [6.07, 6.45) is 0. The minimum atomic E-state index is -1.48. The van der Waals surface area contributed by atoms with Crippen molar-refractivity contribution < 1.29 is 24.9 Å². The monoisotopic (exact) mass is 268 g/mol. The normalized spacial score (nSPS) is 14.2. The van der Waals surface area contributed by atoms with Gasteiger partial charge >= 0.3 is 5.97 Å². The molecule has 0 fully saturated rings. The van der Waals surface area contributed by atoms with Crippen LogP contribution in [0.3, 0.4) is 0 Å². The van der Waals surface area contributed by atoms with Crippen molar-refractivity contribution >= 4 is 5.97 Å². The lowest BCUT2D eigenvalue weighted by molar-refractivity contribution is -0.154. The molecule has 106 valence electrons. The van der Waals surface area contributed by atoms with E-state index >= 15 is 0 Å². The summed E-state index contributed by atoms with van der Waals surface area (Å²) in [4.78, 5) is 11.4. The average Bonchev–Trinajstić information content (AvgIpc) is 2.35. The van der Waals surface area contributed by atoms with Crippen molar-refractivity contribution in [3.8, 4) is 5.75 Å². The summed E-state index contributed by atoms with van der Waals surface area (Å²) in [6.45, 7) is 4.41. The number of phenols is 1. The first-order valence-corrected chi connectivity index (χ1v) is 6.10. The van der Waals surface area contributed by atoms with Gasteiger partial charge in [0.05, 0.1) is 12.5 Å². The standard InChI is InChI=1S/C14H20O5/c1-9(2)13(17)19-8-14(3,18)11-5-4-10(7-15)6-12(11)16/h4-6,9,15-16,18H,7-8H2,1-3H3. The Hall–Kier alpha value is -1.59. The van der Waals surface area contributed by atoms with Crippen molar-refractivity contribution in [3.05, 3.63) is 29.3 Å². The second-order valence-electron chi connectivity index (χ2n) is 5.05. The fourth-order valence-corrected chi connectivity index (χ4v) is 1.59. The molecule has 1 rings (SSSR count). The number of hydrogen-bond acceptors (Lipinski definition) is 5. The van der Waals surface area contributed by atoms with Crippen LogP contribution >= 0.6 is 0 Å². The van der Waals surface area contributed by atoms with Crippen LogP contribution in [0.2, 0.25) is 0 Å². The lowest BCUT2D eigenvalue weighted by Crippen LogP contribution is -2.30.